The normalized spacial score (nSPS) is 17.3. The van der Waals surface area contributed by atoms with Crippen molar-refractivity contribution in [1.29, 1.82) is 0 Å². The molecule has 6 nitrogen and oxygen atoms in total. The van der Waals surface area contributed by atoms with E-state index in [9.17, 15) is 4.79 Å². The lowest BCUT2D eigenvalue weighted by molar-refractivity contribution is -0.133. The fourth-order valence-electron chi connectivity index (χ4n) is 3.11. The Labute approximate surface area is 135 Å². The molecular weight excluding hydrogens is 294 g/mol. The first-order valence-electron chi connectivity index (χ1n) is 7.71. The lowest BCUT2D eigenvalue weighted by atomic mass is 10.0. The Kier molecular flexibility index (Phi) is 4.50. The summed E-state index contributed by atoms with van der Waals surface area (Å²) in [4.78, 5) is 14.6. The number of hydrogen-bond acceptors (Lipinski definition) is 4. The summed E-state index contributed by atoms with van der Waals surface area (Å²) in [6, 6.07) is 7.56. The second-order valence-electron chi connectivity index (χ2n) is 5.56. The average molecular weight is 315 g/mol. The molecule has 0 N–H and O–H groups in total. The number of amides is 1. The summed E-state index contributed by atoms with van der Waals surface area (Å²) in [5, 5.41) is 4.11. The lowest BCUT2D eigenvalue weighted by Gasteiger charge is -2.26. The van der Waals surface area contributed by atoms with Crippen LogP contribution in [0.2, 0.25) is 0 Å². The predicted octanol–water partition coefficient (Wildman–Crippen LogP) is 2.26. The van der Waals surface area contributed by atoms with E-state index in [-0.39, 0.29) is 18.5 Å². The van der Waals surface area contributed by atoms with E-state index in [1.54, 1.807) is 31.3 Å². The molecule has 0 bridgehead atoms. The van der Waals surface area contributed by atoms with E-state index in [2.05, 4.69) is 5.10 Å². The van der Waals surface area contributed by atoms with Crippen molar-refractivity contribution in [3.05, 3.63) is 42.2 Å². The average Bonchev–Trinajstić information content (AvgIpc) is 3.25. The van der Waals surface area contributed by atoms with Crippen LogP contribution < -0.4 is 9.47 Å². The fraction of sp³-hybridized carbons (Fsp3) is 0.412. The van der Waals surface area contributed by atoms with Gasteiger partial charge in [0.25, 0.3) is 0 Å². The molecule has 1 aliphatic rings. The highest BCUT2D eigenvalue weighted by atomic mass is 16.5. The smallest absolute Gasteiger partial charge is 0.244 e. The molecular formula is C17H21N3O3. The molecule has 1 aromatic heterocycles. The third kappa shape index (κ3) is 3.16. The first-order valence-corrected chi connectivity index (χ1v) is 7.71. The third-order valence-corrected chi connectivity index (χ3v) is 4.23. The minimum atomic E-state index is 0.0168. The van der Waals surface area contributed by atoms with Crippen molar-refractivity contribution in [2.45, 2.75) is 25.4 Å². The highest BCUT2D eigenvalue weighted by molar-refractivity contribution is 5.77. The van der Waals surface area contributed by atoms with E-state index in [1.807, 2.05) is 29.2 Å². The molecule has 2 aromatic rings. The first-order chi connectivity index (χ1) is 11.2. The number of rotatable bonds is 5. The van der Waals surface area contributed by atoms with Crippen molar-refractivity contribution in [3.8, 4) is 11.5 Å². The van der Waals surface area contributed by atoms with Gasteiger partial charge in [0.15, 0.2) is 0 Å². The molecule has 0 saturated carbocycles. The SMILES string of the molecule is COc1ccc(OC)c(C2CCCN2C(=O)Cn2cccn2)c1. The van der Waals surface area contributed by atoms with Crippen LogP contribution in [0.3, 0.4) is 0 Å². The zero-order chi connectivity index (χ0) is 16.2. The van der Waals surface area contributed by atoms with Crippen LogP contribution in [0.5, 0.6) is 11.5 Å². The van der Waals surface area contributed by atoms with Crippen LogP contribution in [0.25, 0.3) is 0 Å². The van der Waals surface area contributed by atoms with Gasteiger partial charge in [-0.2, -0.15) is 5.10 Å². The van der Waals surface area contributed by atoms with Gasteiger partial charge >= 0.3 is 0 Å². The minimum absolute atomic E-state index is 0.0168. The molecule has 122 valence electrons. The lowest BCUT2D eigenvalue weighted by Crippen LogP contribution is -2.33. The summed E-state index contributed by atoms with van der Waals surface area (Å²) in [7, 11) is 3.29. The van der Waals surface area contributed by atoms with Gasteiger partial charge in [-0.05, 0) is 37.1 Å². The summed E-state index contributed by atoms with van der Waals surface area (Å²) in [6.07, 6.45) is 5.39. The van der Waals surface area contributed by atoms with Crippen LogP contribution in [-0.4, -0.2) is 41.4 Å². The summed E-state index contributed by atoms with van der Waals surface area (Å²) >= 11 is 0. The number of hydrogen-bond donors (Lipinski definition) is 0. The van der Waals surface area contributed by atoms with Crippen LogP contribution in [0, 0.1) is 0 Å². The highest BCUT2D eigenvalue weighted by Gasteiger charge is 2.32. The van der Waals surface area contributed by atoms with Crippen molar-refractivity contribution < 1.29 is 14.3 Å². The third-order valence-electron chi connectivity index (χ3n) is 4.23. The van der Waals surface area contributed by atoms with Crippen molar-refractivity contribution in [1.82, 2.24) is 14.7 Å². The van der Waals surface area contributed by atoms with E-state index in [1.165, 1.54) is 0 Å². The fourth-order valence-corrected chi connectivity index (χ4v) is 3.11. The van der Waals surface area contributed by atoms with Crippen LogP contribution >= 0.6 is 0 Å². The molecule has 1 unspecified atom stereocenters. The largest absolute Gasteiger partial charge is 0.497 e. The van der Waals surface area contributed by atoms with Gasteiger partial charge in [0.2, 0.25) is 5.91 Å². The second kappa shape index (κ2) is 6.73. The van der Waals surface area contributed by atoms with Gasteiger partial charge in [-0.1, -0.05) is 0 Å². The summed E-state index contributed by atoms with van der Waals surface area (Å²) in [5.41, 5.74) is 0.998. The van der Waals surface area contributed by atoms with Crippen molar-refractivity contribution in [3.63, 3.8) is 0 Å². The molecule has 1 amide bonds. The Morgan fingerprint density at radius 3 is 2.91 bits per heavy atom. The number of benzene rings is 1. The molecule has 6 heteroatoms. The van der Waals surface area contributed by atoms with Crippen molar-refractivity contribution >= 4 is 5.91 Å². The quantitative estimate of drug-likeness (QED) is 0.849. The van der Waals surface area contributed by atoms with Crippen molar-refractivity contribution in [2.24, 2.45) is 0 Å². The summed E-state index contributed by atoms with van der Waals surface area (Å²) in [5.74, 6) is 1.63. The van der Waals surface area contributed by atoms with E-state index in [4.69, 9.17) is 9.47 Å². The number of carbonyl (C=O) groups is 1. The molecule has 23 heavy (non-hydrogen) atoms. The molecule has 2 heterocycles. The topological polar surface area (TPSA) is 56.6 Å². The zero-order valence-electron chi connectivity index (χ0n) is 13.4. The Morgan fingerprint density at radius 1 is 1.35 bits per heavy atom. The van der Waals surface area contributed by atoms with E-state index < -0.39 is 0 Å². The monoisotopic (exact) mass is 315 g/mol. The second-order valence-corrected chi connectivity index (χ2v) is 5.56. The van der Waals surface area contributed by atoms with E-state index >= 15 is 0 Å². The van der Waals surface area contributed by atoms with E-state index in [0.717, 1.165) is 36.4 Å². The summed E-state index contributed by atoms with van der Waals surface area (Å²) < 4.78 is 12.5. The standard InChI is InChI=1S/C17H21N3O3/c1-22-13-6-7-16(23-2)14(11-13)15-5-3-10-20(15)17(21)12-19-9-4-8-18-19/h4,6-9,11,15H,3,5,10,12H2,1-2H3. The number of likely N-dealkylation sites (tertiary alicyclic amines) is 1. The van der Waals surface area contributed by atoms with Crippen LogP contribution in [-0.2, 0) is 11.3 Å². The van der Waals surface area contributed by atoms with Gasteiger partial charge in [-0.3, -0.25) is 9.48 Å². The van der Waals surface area contributed by atoms with Crippen LogP contribution in [0.4, 0.5) is 0 Å². The van der Waals surface area contributed by atoms with Crippen LogP contribution in [0.15, 0.2) is 36.7 Å². The van der Waals surface area contributed by atoms with Gasteiger partial charge in [0.1, 0.15) is 18.0 Å². The number of carbonyl (C=O) groups excluding carboxylic acids is 1. The Hall–Kier alpha value is -2.50. The molecule has 1 saturated heterocycles. The summed E-state index contributed by atoms with van der Waals surface area (Å²) in [6.45, 7) is 1.01. The molecule has 1 fully saturated rings. The molecule has 1 aromatic carbocycles. The molecule has 0 aliphatic carbocycles. The highest BCUT2D eigenvalue weighted by Crippen LogP contribution is 2.38. The van der Waals surface area contributed by atoms with E-state index in [0.29, 0.717) is 0 Å². The molecule has 1 atom stereocenters. The molecule has 3 rings (SSSR count). The number of nitrogens with zero attached hydrogens (tertiary/aromatic N) is 3. The Bertz CT molecular complexity index is 670. The number of methoxy groups -OCH3 is 2. The predicted molar refractivity (Wildman–Crippen MR) is 85.5 cm³/mol. The number of ether oxygens (including phenoxy) is 2. The Morgan fingerprint density at radius 2 is 2.22 bits per heavy atom. The maximum atomic E-state index is 12.6. The van der Waals surface area contributed by atoms with Gasteiger partial charge in [0.05, 0.1) is 20.3 Å². The van der Waals surface area contributed by atoms with Gasteiger partial charge in [-0.25, -0.2) is 0 Å². The maximum absolute atomic E-state index is 12.6. The maximum Gasteiger partial charge on any atom is 0.244 e. The molecule has 0 radical (unpaired) electrons. The molecule has 0 spiro atoms. The van der Waals surface area contributed by atoms with Crippen LogP contribution in [0.1, 0.15) is 24.4 Å². The van der Waals surface area contributed by atoms with Gasteiger partial charge in [0, 0.05) is 24.5 Å². The number of aromatic nitrogens is 2. The van der Waals surface area contributed by atoms with Crippen molar-refractivity contribution in [2.75, 3.05) is 20.8 Å². The molecule has 1 aliphatic heterocycles. The zero-order valence-corrected chi connectivity index (χ0v) is 13.4. The minimum Gasteiger partial charge on any atom is -0.497 e. The Balaban J connectivity index is 1.85. The first kappa shape index (κ1) is 15.4. The van der Waals surface area contributed by atoms with Gasteiger partial charge in [-0.15, -0.1) is 0 Å². The van der Waals surface area contributed by atoms with Gasteiger partial charge < -0.3 is 14.4 Å².